The second kappa shape index (κ2) is 6.29. The minimum Gasteiger partial charge on any atom is -0.338 e. The van der Waals surface area contributed by atoms with E-state index in [-0.39, 0.29) is 0 Å². The van der Waals surface area contributed by atoms with Crippen molar-refractivity contribution in [3.63, 3.8) is 0 Å². The Balaban J connectivity index is 2.37. The van der Waals surface area contributed by atoms with E-state index in [0.717, 1.165) is 0 Å². The fraction of sp³-hybridized carbons (Fsp3) is 0. The summed E-state index contributed by atoms with van der Waals surface area (Å²) in [6, 6.07) is 8.69. The third-order valence-electron chi connectivity index (χ3n) is 2.42. The summed E-state index contributed by atoms with van der Waals surface area (Å²) in [6.07, 6.45) is 0. The second-order valence-corrected chi connectivity index (χ2v) is 5.39. The monoisotopic (exact) mass is 371 g/mol. The van der Waals surface area contributed by atoms with Crippen LogP contribution in [0, 0.1) is 11.3 Å². The van der Waals surface area contributed by atoms with Gasteiger partial charge in [-0.3, -0.25) is 0 Å². The van der Waals surface area contributed by atoms with E-state index >= 15 is 0 Å². The number of nitrogen functional groups attached to an aromatic ring is 1. The van der Waals surface area contributed by atoms with Crippen molar-refractivity contribution in [2.24, 2.45) is 5.84 Å². The highest BCUT2D eigenvalue weighted by atomic mass is 79.9. The number of nitrogens with two attached hydrogens (primary N) is 1. The third-order valence-corrected chi connectivity index (χ3v) is 3.65. The van der Waals surface area contributed by atoms with Crippen LogP contribution in [-0.2, 0) is 0 Å². The second-order valence-electron chi connectivity index (χ2n) is 3.72. The first-order chi connectivity index (χ1) is 9.55. The Morgan fingerprint density at radius 3 is 2.50 bits per heavy atom. The molecule has 102 valence electrons. The molecule has 0 aliphatic rings. The maximum absolute atomic E-state index is 8.82. The number of hydrazine groups is 1. The lowest BCUT2D eigenvalue weighted by atomic mass is 10.2. The van der Waals surface area contributed by atoms with E-state index in [1.165, 1.54) is 6.07 Å². The molecule has 5 nitrogen and oxygen atoms in total. The molecule has 8 heteroatoms. The molecule has 1 aromatic carbocycles. The van der Waals surface area contributed by atoms with Crippen molar-refractivity contribution in [1.82, 2.24) is 4.98 Å². The van der Waals surface area contributed by atoms with Crippen molar-refractivity contribution >= 4 is 56.5 Å². The predicted octanol–water partition coefficient (Wildman–Crippen LogP) is 4.05. The summed E-state index contributed by atoms with van der Waals surface area (Å²) in [5.41, 5.74) is 3.64. The number of halogens is 3. The standard InChI is InChI=1S/C12H8BrCl2N5/c13-7-3-6(5-16)1-2-10(7)18-11-8(14)4-9(15)12(19-11)20-17/h1-4H,17H2,(H2,18,19,20). The molecular formula is C12H8BrCl2N5. The minimum absolute atomic E-state index is 0.309. The highest BCUT2D eigenvalue weighted by Gasteiger charge is 2.10. The molecule has 0 unspecified atom stereocenters. The van der Waals surface area contributed by atoms with Gasteiger partial charge in [0, 0.05) is 4.47 Å². The molecule has 1 aromatic heterocycles. The van der Waals surface area contributed by atoms with E-state index in [0.29, 0.717) is 37.4 Å². The Labute approximate surface area is 133 Å². The SMILES string of the molecule is N#Cc1ccc(Nc2nc(NN)c(Cl)cc2Cl)c(Br)c1. The van der Waals surface area contributed by atoms with Crippen molar-refractivity contribution in [2.45, 2.75) is 0 Å². The van der Waals surface area contributed by atoms with Crippen LogP contribution in [0.15, 0.2) is 28.7 Å². The first kappa shape index (κ1) is 14.9. The molecule has 1 heterocycles. The normalized spacial score (nSPS) is 9.95. The Morgan fingerprint density at radius 2 is 1.90 bits per heavy atom. The number of pyridine rings is 1. The van der Waals surface area contributed by atoms with Crippen molar-refractivity contribution < 1.29 is 0 Å². The fourth-order valence-corrected chi connectivity index (χ4v) is 2.41. The number of anilines is 3. The van der Waals surface area contributed by atoms with Crippen LogP contribution in [0.5, 0.6) is 0 Å². The molecule has 0 bridgehead atoms. The number of hydrogen-bond acceptors (Lipinski definition) is 5. The van der Waals surface area contributed by atoms with Gasteiger partial charge in [-0.05, 0) is 40.2 Å². The van der Waals surface area contributed by atoms with Crippen LogP contribution in [0.1, 0.15) is 5.56 Å². The predicted molar refractivity (Wildman–Crippen MR) is 84.2 cm³/mol. The minimum atomic E-state index is 0.309. The van der Waals surface area contributed by atoms with Crippen molar-refractivity contribution in [1.29, 1.82) is 5.26 Å². The highest BCUT2D eigenvalue weighted by molar-refractivity contribution is 9.10. The molecule has 0 saturated carbocycles. The van der Waals surface area contributed by atoms with E-state index in [4.69, 9.17) is 34.3 Å². The van der Waals surface area contributed by atoms with Crippen LogP contribution in [0.25, 0.3) is 0 Å². The summed E-state index contributed by atoms with van der Waals surface area (Å²) in [4.78, 5) is 4.17. The lowest BCUT2D eigenvalue weighted by molar-refractivity contribution is 1.22. The van der Waals surface area contributed by atoms with Gasteiger partial charge in [0.05, 0.1) is 27.4 Å². The Morgan fingerprint density at radius 1 is 1.20 bits per heavy atom. The maximum atomic E-state index is 8.82. The molecule has 2 rings (SSSR count). The van der Waals surface area contributed by atoms with Crippen LogP contribution in [-0.4, -0.2) is 4.98 Å². The zero-order chi connectivity index (χ0) is 14.7. The lowest BCUT2D eigenvalue weighted by Crippen LogP contribution is -2.10. The van der Waals surface area contributed by atoms with E-state index in [2.05, 4.69) is 37.7 Å². The molecule has 4 N–H and O–H groups in total. The molecule has 0 amide bonds. The van der Waals surface area contributed by atoms with Crippen LogP contribution >= 0.6 is 39.1 Å². The van der Waals surface area contributed by atoms with Crippen molar-refractivity contribution in [3.05, 3.63) is 44.3 Å². The van der Waals surface area contributed by atoms with E-state index < -0.39 is 0 Å². The van der Waals surface area contributed by atoms with Gasteiger partial charge in [0.25, 0.3) is 0 Å². The average Bonchev–Trinajstić information content (AvgIpc) is 2.43. The van der Waals surface area contributed by atoms with E-state index in [9.17, 15) is 0 Å². The van der Waals surface area contributed by atoms with Gasteiger partial charge in [0.15, 0.2) is 11.6 Å². The maximum Gasteiger partial charge on any atom is 0.161 e. The first-order valence-electron chi connectivity index (χ1n) is 5.34. The summed E-state index contributed by atoms with van der Waals surface area (Å²) in [6.45, 7) is 0. The van der Waals surface area contributed by atoms with Gasteiger partial charge in [-0.1, -0.05) is 23.2 Å². The highest BCUT2D eigenvalue weighted by Crippen LogP contribution is 2.33. The zero-order valence-electron chi connectivity index (χ0n) is 9.92. The van der Waals surface area contributed by atoms with Gasteiger partial charge in [-0.2, -0.15) is 5.26 Å². The molecular weight excluding hydrogens is 365 g/mol. The molecule has 0 atom stereocenters. The first-order valence-corrected chi connectivity index (χ1v) is 6.89. The van der Waals surface area contributed by atoms with Gasteiger partial charge in [0.1, 0.15) is 0 Å². The Kier molecular flexibility index (Phi) is 4.68. The summed E-state index contributed by atoms with van der Waals surface area (Å²) in [5, 5.41) is 12.5. The number of nitrogens with one attached hydrogen (secondary N) is 2. The van der Waals surface area contributed by atoms with Crippen LogP contribution in [0.4, 0.5) is 17.3 Å². The number of benzene rings is 1. The number of rotatable bonds is 3. The zero-order valence-corrected chi connectivity index (χ0v) is 13.0. The smallest absolute Gasteiger partial charge is 0.161 e. The summed E-state index contributed by atoms with van der Waals surface area (Å²) >= 11 is 15.4. The number of nitrogens with zero attached hydrogens (tertiary/aromatic N) is 2. The van der Waals surface area contributed by atoms with Gasteiger partial charge >= 0.3 is 0 Å². The molecule has 0 aliphatic carbocycles. The van der Waals surface area contributed by atoms with E-state index in [1.807, 2.05) is 0 Å². The number of hydrogen-bond donors (Lipinski definition) is 3. The van der Waals surface area contributed by atoms with Gasteiger partial charge < -0.3 is 10.7 Å². The molecule has 2 aromatic rings. The molecule has 0 spiro atoms. The quantitative estimate of drug-likeness (QED) is 0.558. The number of nitriles is 1. The Hall–Kier alpha value is -1.52. The summed E-state index contributed by atoms with van der Waals surface area (Å²) in [7, 11) is 0. The fourth-order valence-electron chi connectivity index (χ4n) is 1.47. The molecule has 0 saturated heterocycles. The average molecular weight is 373 g/mol. The number of aromatic nitrogens is 1. The van der Waals surface area contributed by atoms with Crippen LogP contribution in [0.3, 0.4) is 0 Å². The topological polar surface area (TPSA) is 86.8 Å². The summed E-state index contributed by atoms with van der Waals surface area (Å²) < 4.78 is 0.714. The van der Waals surface area contributed by atoms with Crippen molar-refractivity contribution in [2.75, 3.05) is 10.7 Å². The molecule has 20 heavy (non-hydrogen) atoms. The van der Waals surface area contributed by atoms with Crippen LogP contribution < -0.4 is 16.6 Å². The summed E-state index contributed by atoms with van der Waals surface area (Å²) in [5.74, 6) is 6.02. The largest absolute Gasteiger partial charge is 0.338 e. The van der Waals surface area contributed by atoms with Crippen molar-refractivity contribution in [3.8, 4) is 6.07 Å². The lowest BCUT2D eigenvalue weighted by Gasteiger charge is -2.12. The van der Waals surface area contributed by atoms with Gasteiger partial charge in [-0.15, -0.1) is 0 Å². The van der Waals surface area contributed by atoms with Crippen LogP contribution in [0.2, 0.25) is 10.0 Å². The molecule has 0 aliphatic heterocycles. The Bertz CT molecular complexity index is 699. The molecule has 0 radical (unpaired) electrons. The third kappa shape index (κ3) is 3.14. The van der Waals surface area contributed by atoms with Gasteiger partial charge in [-0.25, -0.2) is 10.8 Å². The van der Waals surface area contributed by atoms with Gasteiger partial charge in [0.2, 0.25) is 0 Å². The van der Waals surface area contributed by atoms with E-state index in [1.54, 1.807) is 18.2 Å². The molecule has 0 fully saturated rings.